The zero-order valence-electron chi connectivity index (χ0n) is 12.7. The molecule has 0 aliphatic rings. The van der Waals surface area contributed by atoms with Crippen molar-refractivity contribution in [1.82, 2.24) is 0 Å². The van der Waals surface area contributed by atoms with E-state index in [1.54, 1.807) is 24.3 Å². The second-order valence-electron chi connectivity index (χ2n) is 4.89. The lowest BCUT2D eigenvalue weighted by Crippen LogP contribution is -2.03. The molecule has 0 heterocycles. The zero-order chi connectivity index (χ0) is 16.5. The fourth-order valence-corrected chi connectivity index (χ4v) is 1.81. The molecule has 0 unspecified atom stereocenters. The van der Waals surface area contributed by atoms with Crippen molar-refractivity contribution in [3.05, 3.63) is 78.2 Å². The number of carbonyl (C=O) groups excluding carboxylic acids is 1. The van der Waals surface area contributed by atoms with E-state index in [4.69, 9.17) is 16.2 Å². The summed E-state index contributed by atoms with van der Waals surface area (Å²) < 4.78 is 5.07. The summed E-state index contributed by atoms with van der Waals surface area (Å²) in [5, 5.41) is 0. The standard InChI is InChI=1S/C19H19N2O2/c20-17-10-6-15(7-11-17)3-1-5-19(22)23-14-2-4-16-8-12-18(21)13-9-16/h1-13H,14,20-21H2. The molecule has 0 amide bonds. The highest BCUT2D eigenvalue weighted by Gasteiger charge is 1.98. The number of hydrogen-bond acceptors (Lipinski definition) is 4. The van der Waals surface area contributed by atoms with E-state index in [9.17, 15) is 4.79 Å². The van der Waals surface area contributed by atoms with E-state index in [0.717, 1.165) is 16.8 Å². The van der Waals surface area contributed by atoms with Gasteiger partial charge in [-0.1, -0.05) is 42.5 Å². The normalized spacial score (nSPS) is 11.1. The topological polar surface area (TPSA) is 78.3 Å². The minimum Gasteiger partial charge on any atom is -0.461 e. The predicted molar refractivity (Wildman–Crippen MR) is 95.0 cm³/mol. The Labute approximate surface area is 136 Å². The first-order valence-corrected chi connectivity index (χ1v) is 7.19. The lowest BCUT2D eigenvalue weighted by Gasteiger charge is -1.99. The third kappa shape index (κ3) is 6.09. The fraction of sp³-hybridized carbons (Fsp3) is 0.0526. The van der Waals surface area contributed by atoms with Gasteiger partial charge in [0, 0.05) is 11.4 Å². The molecule has 0 spiro atoms. The predicted octanol–water partition coefficient (Wildman–Crippen LogP) is 3.33. The summed E-state index contributed by atoms with van der Waals surface area (Å²) in [7, 11) is 0. The highest BCUT2D eigenvalue weighted by Crippen LogP contribution is 2.08. The number of benzene rings is 2. The van der Waals surface area contributed by atoms with E-state index in [-0.39, 0.29) is 6.61 Å². The summed E-state index contributed by atoms with van der Waals surface area (Å²) in [6.45, 7) is 0.218. The van der Waals surface area contributed by atoms with E-state index >= 15 is 0 Å². The van der Waals surface area contributed by atoms with Crippen molar-refractivity contribution in [2.45, 2.75) is 0 Å². The van der Waals surface area contributed by atoms with Crippen LogP contribution in [-0.2, 0) is 9.53 Å². The lowest BCUT2D eigenvalue weighted by molar-refractivity contribution is -0.137. The molecule has 2 aromatic carbocycles. The van der Waals surface area contributed by atoms with Gasteiger partial charge in [-0.05, 0) is 41.5 Å². The van der Waals surface area contributed by atoms with Crippen molar-refractivity contribution >= 4 is 29.5 Å². The zero-order valence-corrected chi connectivity index (χ0v) is 12.7. The molecule has 0 saturated heterocycles. The molecule has 0 atom stereocenters. The maximum Gasteiger partial charge on any atom is 0.314 e. The average Bonchev–Trinajstić information content (AvgIpc) is 2.55. The number of nitrogens with two attached hydrogens (primary N) is 2. The second kappa shape index (κ2) is 8.44. The van der Waals surface area contributed by atoms with Crippen molar-refractivity contribution in [2.75, 3.05) is 18.1 Å². The minimum absolute atomic E-state index is 0.218. The Balaban J connectivity index is 1.70. The van der Waals surface area contributed by atoms with Crippen LogP contribution in [-0.4, -0.2) is 12.6 Å². The first-order chi connectivity index (χ1) is 11.1. The molecular weight excluding hydrogens is 288 g/mol. The maximum absolute atomic E-state index is 11.5. The van der Waals surface area contributed by atoms with Gasteiger partial charge in [0.25, 0.3) is 0 Å². The summed E-state index contributed by atoms with van der Waals surface area (Å²) >= 11 is 0. The third-order valence-corrected chi connectivity index (χ3v) is 3.03. The molecule has 0 aromatic heterocycles. The number of nitrogen functional groups attached to an aromatic ring is 2. The van der Waals surface area contributed by atoms with E-state index in [0.29, 0.717) is 5.69 Å². The number of ether oxygens (including phenoxy) is 1. The highest BCUT2D eigenvalue weighted by atomic mass is 16.5. The molecule has 23 heavy (non-hydrogen) atoms. The molecule has 2 rings (SSSR count). The molecule has 117 valence electrons. The Hall–Kier alpha value is -3.01. The molecule has 1 radical (unpaired) electrons. The van der Waals surface area contributed by atoms with Crippen molar-refractivity contribution in [2.24, 2.45) is 0 Å². The first-order valence-electron chi connectivity index (χ1n) is 7.19. The molecular formula is C19H19N2O2. The van der Waals surface area contributed by atoms with Gasteiger partial charge in [0.1, 0.15) is 6.61 Å². The Morgan fingerprint density at radius 1 is 0.870 bits per heavy atom. The van der Waals surface area contributed by atoms with Crippen LogP contribution in [0.5, 0.6) is 0 Å². The van der Waals surface area contributed by atoms with Gasteiger partial charge in [-0.2, -0.15) is 0 Å². The van der Waals surface area contributed by atoms with Crippen LogP contribution in [0.4, 0.5) is 11.4 Å². The largest absolute Gasteiger partial charge is 0.461 e. The number of hydrogen-bond donors (Lipinski definition) is 2. The van der Waals surface area contributed by atoms with Crippen LogP contribution < -0.4 is 11.5 Å². The van der Waals surface area contributed by atoms with Crippen molar-refractivity contribution < 1.29 is 9.53 Å². The van der Waals surface area contributed by atoms with Crippen molar-refractivity contribution in [3.8, 4) is 0 Å². The quantitative estimate of drug-likeness (QED) is 0.634. The highest BCUT2D eigenvalue weighted by molar-refractivity contribution is 5.82. The molecule has 4 heteroatoms. The number of anilines is 2. The van der Waals surface area contributed by atoms with Crippen LogP contribution in [0.15, 0.2) is 60.7 Å². The van der Waals surface area contributed by atoms with Gasteiger partial charge in [-0.15, -0.1) is 0 Å². The van der Waals surface area contributed by atoms with Crippen LogP contribution >= 0.6 is 0 Å². The Morgan fingerprint density at radius 3 is 1.96 bits per heavy atom. The van der Waals surface area contributed by atoms with Gasteiger partial charge in [-0.25, -0.2) is 0 Å². The van der Waals surface area contributed by atoms with E-state index in [2.05, 4.69) is 0 Å². The van der Waals surface area contributed by atoms with Crippen LogP contribution in [0.3, 0.4) is 0 Å². The molecule has 0 bridgehead atoms. The minimum atomic E-state index is -0.390. The SMILES string of the molecule is Nc1ccc(C=C[CH]C(=O)OCC=Cc2ccc(N)cc2)cc1. The van der Waals surface area contributed by atoms with Crippen LogP contribution in [0, 0.1) is 6.42 Å². The second-order valence-corrected chi connectivity index (χ2v) is 4.89. The van der Waals surface area contributed by atoms with Crippen LogP contribution in [0.1, 0.15) is 11.1 Å². The fourth-order valence-electron chi connectivity index (χ4n) is 1.81. The summed E-state index contributed by atoms with van der Waals surface area (Å²) in [6, 6.07) is 14.8. The average molecular weight is 307 g/mol. The van der Waals surface area contributed by atoms with Crippen LogP contribution in [0.25, 0.3) is 12.2 Å². The Kier molecular flexibility index (Phi) is 6.00. The van der Waals surface area contributed by atoms with Gasteiger partial charge in [-0.3, -0.25) is 4.79 Å². The van der Waals surface area contributed by atoms with Crippen molar-refractivity contribution in [3.63, 3.8) is 0 Å². The number of rotatable bonds is 6. The molecule has 0 aliphatic heterocycles. The maximum atomic E-state index is 11.5. The Morgan fingerprint density at radius 2 is 1.39 bits per heavy atom. The van der Waals surface area contributed by atoms with E-state index in [1.165, 1.54) is 6.42 Å². The molecule has 0 fully saturated rings. The molecule has 2 aromatic rings. The van der Waals surface area contributed by atoms with Crippen LogP contribution in [0.2, 0.25) is 0 Å². The van der Waals surface area contributed by atoms with Crippen molar-refractivity contribution in [1.29, 1.82) is 0 Å². The smallest absolute Gasteiger partial charge is 0.314 e. The van der Waals surface area contributed by atoms with E-state index in [1.807, 2.05) is 48.6 Å². The molecule has 0 aliphatic carbocycles. The summed E-state index contributed by atoms with van der Waals surface area (Å²) in [6.07, 6.45) is 8.49. The Bertz CT molecular complexity index is 686. The lowest BCUT2D eigenvalue weighted by atomic mass is 10.2. The van der Waals surface area contributed by atoms with Gasteiger partial charge in [0.2, 0.25) is 0 Å². The summed E-state index contributed by atoms with van der Waals surface area (Å²) in [4.78, 5) is 11.5. The number of carbonyl (C=O) groups is 1. The molecule has 0 saturated carbocycles. The number of esters is 1. The summed E-state index contributed by atoms with van der Waals surface area (Å²) in [5.41, 5.74) is 14.6. The van der Waals surface area contributed by atoms with Gasteiger partial charge in [0.15, 0.2) is 0 Å². The van der Waals surface area contributed by atoms with Gasteiger partial charge in [0.05, 0.1) is 6.42 Å². The van der Waals surface area contributed by atoms with Gasteiger partial charge < -0.3 is 16.2 Å². The molecule has 4 N–H and O–H groups in total. The monoisotopic (exact) mass is 307 g/mol. The summed E-state index contributed by atoms with van der Waals surface area (Å²) in [5.74, 6) is -0.390. The third-order valence-electron chi connectivity index (χ3n) is 3.03. The molecule has 4 nitrogen and oxygen atoms in total. The van der Waals surface area contributed by atoms with E-state index < -0.39 is 5.97 Å². The van der Waals surface area contributed by atoms with Gasteiger partial charge >= 0.3 is 5.97 Å². The first kappa shape index (κ1) is 16.4.